The second-order valence-corrected chi connectivity index (χ2v) is 7.59. The number of piperidine rings is 1. The van der Waals surface area contributed by atoms with Gasteiger partial charge in [-0.1, -0.05) is 32.4 Å². The van der Waals surface area contributed by atoms with Gasteiger partial charge in [0.15, 0.2) is 0 Å². The molecule has 3 heteroatoms. The van der Waals surface area contributed by atoms with Crippen LogP contribution in [-0.2, 0) is 5.41 Å². The average molecular weight is 311 g/mol. The standard InChI is InChI=1S/C18H28ClNO/c1-18(2,3)16-14-15(19)8-9-17(16)21-13-7-12-20-10-5-4-6-11-20/h8-9,14H,4-7,10-13H2,1-3H3/p+1. The number of rotatable bonds is 5. The number of likely N-dealkylation sites (tertiary alicyclic amines) is 1. The maximum atomic E-state index is 6.13. The lowest BCUT2D eigenvalue weighted by molar-refractivity contribution is -0.905. The van der Waals surface area contributed by atoms with Crippen LogP contribution in [0.5, 0.6) is 5.75 Å². The molecule has 1 fully saturated rings. The van der Waals surface area contributed by atoms with Gasteiger partial charge in [-0.15, -0.1) is 0 Å². The molecular weight excluding hydrogens is 282 g/mol. The van der Waals surface area contributed by atoms with E-state index >= 15 is 0 Å². The van der Waals surface area contributed by atoms with Gasteiger partial charge in [0.2, 0.25) is 0 Å². The summed E-state index contributed by atoms with van der Waals surface area (Å²) in [6.07, 6.45) is 5.32. The quantitative estimate of drug-likeness (QED) is 0.822. The minimum Gasteiger partial charge on any atom is -0.493 e. The molecule has 0 amide bonds. The van der Waals surface area contributed by atoms with Crippen LogP contribution < -0.4 is 9.64 Å². The van der Waals surface area contributed by atoms with Crippen LogP contribution >= 0.6 is 11.6 Å². The van der Waals surface area contributed by atoms with Crippen molar-refractivity contribution in [3.05, 3.63) is 28.8 Å². The fraction of sp³-hybridized carbons (Fsp3) is 0.667. The molecule has 1 saturated heterocycles. The van der Waals surface area contributed by atoms with Crippen molar-refractivity contribution in [2.24, 2.45) is 0 Å². The van der Waals surface area contributed by atoms with E-state index in [1.807, 2.05) is 18.2 Å². The van der Waals surface area contributed by atoms with Gasteiger partial charge in [-0.2, -0.15) is 0 Å². The van der Waals surface area contributed by atoms with Crippen molar-refractivity contribution in [1.82, 2.24) is 0 Å². The summed E-state index contributed by atoms with van der Waals surface area (Å²) in [7, 11) is 0. The maximum Gasteiger partial charge on any atom is 0.123 e. The van der Waals surface area contributed by atoms with Crippen molar-refractivity contribution in [2.75, 3.05) is 26.2 Å². The molecule has 2 nitrogen and oxygen atoms in total. The molecule has 0 spiro atoms. The Balaban J connectivity index is 1.85. The summed E-state index contributed by atoms with van der Waals surface area (Å²) in [6, 6.07) is 5.96. The van der Waals surface area contributed by atoms with Gasteiger partial charge in [0.25, 0.3) is 0 Å². The summed E-state index contributed by atoms with van der Waals surface area (Å²) in [5.74, 6) is 0.987. The fourth-order valence-corrected chi connectivity index (χ4v) is 3.19. The molecule has 1 aromatic rings. The van der Waals surface area contributed by atoms with E-state index in [4.69, 9.17) is 16.3 Å². The van der Waals surface area contributed by atoms with Gasteiger partial charge in [-0.25, -0.2) is 0 Å². The molecule has 1 aliphatic rings. The van der Waals surface area contributed by atoms with Gasteiger partial charge in [0, 0.05) is 17.0 Å². The van der Waals surface area contributed by atoms with Gasteiger partial charge >= 0.3 is 0 Å². The zero-order valence-corrected chi connectivity index (χ0v) is 14.4. The van der Waals surface area contributed by atoms with E-state index in [0.717, 1.165) is 23.8 Å². The lowest BCUT2D eigenvalue weighted by atomic mass is 9.86. The first-order chi connectivity index (χ1) is 9.97. The first-order valence-corrected chi connectivity index (χ1v) is 8.61. The molecule has 1 N–H and O–H groups in total. The van der Waals surface area contributed by atoms with E-state index in [-0.39, 0.29) is 5.41 Å². The van der Waals surface area contributed by atoms with Crippen molar-refractivity contribution in [2.45, 2.75) is 51.9 Å². The van der Waals surface area contributed by atoms with Crippen LogP contribution in [0.1, 0.15) is 52.0 Å². The number of hydrogen-bond acceptors (Lipinski definition) is 1. The Morgan fingerprint density at radius 1 is 1.14 bits per heavy atom. The largest absolute Gasteiger partial charge is 0.493 e. The Hall–Kier alpha value is -0.730. The van der Waals surface area contributed by atoms with E-state index in [9.17, 15) is 0 Å². The van der Waals surface area contributed by atoms with Gasteiger partial charge in [-0.05, 0) is 42.9 Å². The molecule has 0 saturated carbocycles. The molecule has 1 heterocycles. The third kappa shape index (κ3) is 5.19. The molecule has 0 unspecified atom stereocenters. The van der Waals surface area contributed by atoms with Gasteiger partial charge < -0.3 is 9.64 Å². The zero-order chi connectivity index (χ0) is 15.3. The highest BCUT2D eigenvalue weighted by Crippen LogP contribution is 2.33. The van der Waals surface area contributed by atoms with Crippen LogP contribution in [0.15, 0.2) is 18.2 Å². The van der Waals surface area contributed by atoms with Crippen molar-refractivity contribution >= 4 is 11.6 Å². The molecule has 2 rings (SSSR count). The Kier molecular flexibility index (Phi) is 5.95. The molecule has 0 radical (unpaired) electrons. The average Bonchev–Trinajstić information content (AvgIpc) is 2.45. The summed E-state index contributed by atoms with van der Waals surface area (Å²) in [4.78, 5) is 1.75. The maximum absolute atomic E-state index is 6.13. The van der Waals surface area contributed by atoms with Crippen molar-refractivity contribution in [3.63, 3.8) is 0 Å². The van der Waals surface area contributed by atoms with Crippen molar-refractivity contribution < 1.29 is 9.64 Å². The third-order valence-corrected chi connectivity index (χ3v) is 4.48. The molecule has 1 aliphatic heterocycles. The summed E-state index contributed by atoms with van der Waals surface area (Å²) in [5, 5.41) is 0.782. The predicted molar refractivity (Wildman–Crippen MR) is 89.7 cm³/mol. The van der Waals surface area contributed by atoms with Gasteiger partial charge in [-0.3, -0.25) is 0 Å². The number of benzene rings is 1. The molecule has 1 aromatic carbocycles. The highest BCUT2D eigenvalue weighted by Gasteiger charge is 2.19. The Bertz CT molecular complexity index is 447. The summed E-state index contributed by atoms with van der Waals surface area (Å²) in [6.45, 7) is 11.3. The van der Waals surface area contributed by atoms with Crippen LogP contribution in [0.3, 0.4) is 0 Å². The highest BCUT2D eigenvalue weighted by molar-refractivity contribution is 6.30. The number of ether oxygens (including phenoxy) is 1. The van der Waals surface area contributed by atoms with E-state index < -0.39 is 0 Å². The lowest BCUT2D eigenvalue weighted by Crippen LogP contribution is -3.12. The smallest absolute Gasteiger partial charge is 0.123 e. The monoisotopic (exact) mass is 310 g/mol. The van der Waals surface area contributed by atoms with Crippen LogP contribution in [0.2, 0.25) is 5.02 Å². The minimum absolute atomic E-state index is 0.0539. The topological polar surface area (TPSA) is 13.7 Å². The number of quaternary nitrogens is 1. The van der Waals surface area contributed by atoms with Crippen molar-refractivity contribution in [1.29, 1.82) is 0 Å². The molecule has 0 aromatic heterocycles. The second-order valence-electron chi connectivity index (χ2n) is 7.15. The third-order valence-electron chi connectivity index (χ3n) is 4.24. The highest BCUT2D eigenvalue weighted by atomic mass is 35.5. The van der Waals surface area contributed by atoms with Crippen molar-refractivity contribution in [3.8, 4) is 5.75 Å². The first-order valence-electron chi connectivity index (χ1n) is 8.23. The van der Waals surface area contributed by atoms with Crippen LogP contribution in [0.4, 0.5) is 0 Å². The summed E-state index contributed by atoms with van der Waals surface area (Å²) < 4.78 is 6.04. The SMILES string of the molecule is CC(C)(C)c1cc(Cl)ccc1OCCC[NH+]1CCCCC1. The normalized spacial score (nSPS) is 17.0. The molecule has 0 bridgehead atoms. The molecule has 21 heavy (non-hydrogen) atoms. The Morgan fingerprint density at radius 2 is 1.86 bits per heavy atom. The first kappa shape index (κ1) is 16.6. The molecular formula is C18H29ClNO+. The summed E-state index contributed by atoms with van der Waals surface area (Å²) in [5.41, 5.74) is 1.25. The van der Waals surface area contributed by atoms with Crippen LogP contribution in [0.25, 0.3) is 0 Å². The number of hydrogen-bond donors (Lipinski definition) is 1. The molecule has 0 atom stereocenters. The predicted octanol–water partition coefficient (Wildman–Crippen LogP) is 3.48. The minimum atomic E-state index is 0.0539. The van der Waals surface area contributed by atoms with Gasteiger partial charge in [0.1, 0.15) is 5.75 Å². The van der Waals surface area contributed by atoms with Crippen LogP contribution in [0, 0.1) is 0 Å². The van der Waals surface area contributed by atoms with E-state index in [1.54, 1.807) is 4.90 Å². The molecule has 0 aliphatic carbocycles. The number of nitrogens with one attached hydrogen (secondary N) is 1. The lowest BCUT2D eigenvalue weighted by Gasteiger charge is -2.25. The second kappa shape index (κ2) is 7.51. The summed E-state index contributed by atoms with van der Waals surface area (Å²) >= 11 is 6.13. The molecule has 118 valence electrons. The number of halogens is 1. The van der Waals surface area contributed by atoms with E-state index in [0.29, 0.717) is 0 Å². The van der Waals surface area contributed by atoms with Crippen LogP contribution in [-0.4, -0.2) is 26.2 Å². The zero-order valence-electron chi connectivity index (χ0n) is 13.7. The van der Waals surface area contributed by atoms with Gasteiger partial charge in [0.05, 0.1) is 26.2 Å². The van der Waals surface area contributed by atoms with E-state index in [1.165, 1.54) is 44.5 Å². The van der Waals surface area contributed by atoms with E-state index in [2.05, 4.69) is 20.8 Å². The fourth-order valence-electron chi connectivity index (χ4n) is 3.02. The Labute approximate surface area is 134 Å². The Morgan fingerprint density at radius 3 is 2.52 bits per heavy atom.